The van der Waals surface area contributed by atoms with Crippen LogP contribution < -0.4 is 10.3 Å². The average molecular weight is 357 g/mol. The zero-order valence-electron chi connectivity index (χ0n) is 12.4. The average Bonchev–Trinajstić information content (AvgIpc) is 2.47. The van der Waals surface area contributed by atoms with Crippen molar-refractivity contribution in [3.63, 3.8) is 0 Å². The quantitative estimate of drug-likeness (QED) is 0.830. The number of rotatable bonds is 3. The second-order valence-corrected chi connectivity index (χ2v) is 5.89. The summed E-state index contributed by atoms with van der Waals surface area (Å²) in [4.78, 5) is 19.3. The number of alkyl halides is 3. The summed E-state index contributed by atoms with van der Waals surface area (Å²) in [6.45, 7) is 1.24. The van der Waals surface area contributed by atoms with Crippen LogP contribution in [-0.2, 0) is 19.5 Å². The fourth-order valence-corrected chi connectivity index (χ4v) is 2.98. The smallest absolute Gasteiger partial charge is 0.405 e. The number of nitrogens with one attached hydrogen (secondary N) is 2. The summed E-state index contributed by atoms with van der Waals surface area (Å²) >= 11 is 4.96. The van der Waals surface area contributed by atoms with Gasteiger partial charge in [-0.05, 0) is 24.7 Å². The first-order valence-corrected chi connectivity index (χ1v) is 7.63. The third-order valence-corrected chi connectivity index (χ3v) is 3.99. The van der Waals surface area contributed by atoms with E-state index in [-0.39, 0.29) is 22.6 Å². The van der Waals surface area contributed by atoms with Gasteiger partial charge in [0.2, 0.25) is 0 Å². The number of para-hydroxylation sites is 1. The van der Waals surface area contributed by atoms with Crippen LogP contribution in [0.25, 0.3) is 0 Å². The summed E-state index contributed by atoms with van der Waals surface area (Å²) < 4.78 is 41.8. The molecule has 128 valence electrons. The normalized spacial score (nSPS) is 15.1. The van der Waals surface area contributed by atoms with Crippen molar-refractivity contribution in [2.24, 2.45) is 0 Å². The predicted molar refractivity (Wildman–Crippen MR) is 83.2 cm³/mol. The molecule has 2 N–H and O–H groups in total. The van der Waals surface area contributed by atoms with E-state index in [0.29, 0.717) is 36.3 Å². The molecule has 0 saturated carbocycles. The molecule has 0 spiro atoms. The molecule has 0 bridgehead atoms. The summed E-state index contributed by atoms with van der Waals surface area (Å²) in [6.07, 6.45) is -4.23. The summed E-state index contributed by atoms with van der Waals surface area (Å²) in [5.41, 5.74) is 1.56. The molecule has 2 heterocycles. The molecule has 1 aliphatic heterocycles. The molecule has 0 radical (unpaired) electrons. The standard InChI is InChI=1S/C15H14F3N3O2S/c16-15(17,18)23-12-4-2-1-3-9(12)7-21-6-5-10-11(8-21)19-14(24)20-13(10)22/h1-4H,5-8H2,(H2,19,20,22,24). The number of halogens is 3. The van der Waals surface area contributed by atoms with Crippen molar-refractivity contribution in [2.75, 3.05) is 6.54 Å². The maximum Gasteiger partial charge on any atom is 0.573 e. The van der Waals surface area contributed by atoms with E-state index in [9.17, 15) is 18.0 Å². The van der Waals surface area contributed by atoms with Gasteiger partial charge in [-0.3, -0.25) is 14.7 Å². The number of benzene rings is 1. The summed E-state index contributed by atoms with van der Waals surface area (Å²) in [5.74, 6) is -0.213. The minimum atomic E-state index is -4.73. The van der Waals surface area contributed by atoms with Gasteiger partial charge in [-0.15, -0.1) is 13.2 Å². The van der Waals surface area contributed by atoms with Crippen LogP contribution in [0.15, 0.2) is 29.1 Å². The first kappa shape index (κ1) is 16.7. The van der Waals surface area contributed by atoms with Gasteiger partial charge in [0.15, 0.2) is 4.77 Å². The Bertz CT molecular complexity index is 860. The SMILES string of the molecule is O=c1[nH]c(=S)[nH]c2c1CCN(Cc1ccccc1OC(F)(F)F)C2. The van der Waals surface area contributed by atoms with Gasteiger partial charge >= 0.3 is 6.36 Å². The van der Waals surface area contributed by atoms with Gasteiger partial charge in [0.05, 0.1) is 0 Å². The Morgan fingerprint density at radius 1 is 1.25 bits per heavy atom. The highest BCUT2D eigenvalue weighted by Gasteiger charge is 2.32. The molecular weight excluding hydrogens is 343 g/mol. The van der Waals surface area contributed by atoms with Gasteiger partial charge < -0.3 is 9.72 Å². The molecule has 5 nitrogen and oxygen atoms in total. The van der Waals surface area contributed by atoms with Crippen LogP contribution in [0.3, 0.4) is 0 Å². The minimum Gasteiger partial charge on any atom is -0.405 e. The maximum absolute atomic E-state index is 12.5. The zero-order chi connectivity index (χ0) is 17.3. The third kappa shape index (κ3) is 3.85. The van der Waals surface area contributed by atoms with Gasteiger partial charge in [0.1, 0.15) is 5.75 Å². The van der Waals surface area contributed by atoms with Crippen LogP contribution in [0, 0.1) is 4.77 Å². The Morgan fingerprint density at radius 3 is 2.75 bits per heavy atom. The fourth-order valence-electron chi connectivity index (χ4n) is 2.77. The van der Waals surface area contributed by atoms with Crippen LogP contribution >= 0.6 is 12.2 Å². The van der Waals surface area contributed by atoms with E-state index >= 15 is 0 Å². The van der Waals surface area contributed by atoms with Crippen LogP contribution in [-0.4, -0.2) is 27.8 Å². The highest BCUT2D eigenvalue weighted by Crippen LogP contribution is 2.28. The predicted octanol–water partition coefficient (Wildman–Crippen LogP) is 2.89. The minimum absolute atomic E-state index is 0.213. The summed E-state index contributed by atoms with van der Waals surface area (Å²) in [6, 6.07) is 6.04. The monoisotopic (exact) mass is 357 g/mol. The van der Waals surface area contributed by atoms with E-state index in [1.807, 2.05) is 4.90 Å². The lowest BCUT2D eigenvalue weighted by Gasteiger charge is -2.28. The van der Waals surface area contributed by atoms with Gasteiger partial charge in [-0.2, -0.15) is 0 Å². The van der Waals surface area contributed by atoms with Crippen LogP contribution in [0.1, 0.15) is 16.8 Å². The molecule has 24 heavy (non-hydrogen) atoms. The molecule has 1 aromatic heterocycles. The third-order valence-electron chi connectivity index (χ3n) is 3.78. The fraction of sp³-hybridized carbons (Fsp3) is 0.333. The number of H-pyrrole nitrogens is 2. The summed E-state index contributed by atoms with van der Waals surface area (Å²) in [5, 5.41) is 0. The Kier molecular flexibility index (Phi) is 4.46. The molecule has 0 aliphatic carbocycles. The van der Waals surface area contributed by atoms with Crippen molar-refractivity contribution < 1.29 is 17.9 Å². The number of fused-ring (bicyclic) bond motifs is 1. The topological polar surface area (TPSA) is 61.1 Å². The number of nitrogens with zero attached hydrogens (tertiary/aromatic N) is 1. The molecule has 0 atom stereocenters. The molecule has 3 rings (SSSR count). The van der Waals surface area contributed by atoms with Crippen molar-refractivity contribution in [3.8, 4) is 5.75 Å². The van der Waals surface area contributed by atoms with Crippen LogP contribution in [0.4, 0.5) is 13.2 Å². The van der Waals surface area contributed by atoms with E-state index in [4.69, 9.17) is 12.2 Å². The van der Waals surface area contributed by atoms with Crippen LogP contribution in [0.2, 0.25) is 0 Å². The van der Waals surface area contributed by atoms with E-state index in [2.05, 4.69) is 14.7 Å². The summed E-state index contributed by atoms with van der Waals surface area (Å²) in [7, 11) is 0. The lowest BCUT2D eigenvalue weighted by molar-refractivity contribution is -0.275. The number of aromatic amines is 2. The molecule has 0 amide bonds. The maximum atomic E-state index is 12.5. The molecule has 1 aromatic carbocycles. The highest BCUT2D eigenvalue weighted by atomic mass is 32.1. The zero-order valence-corrected chi connectivity index (χ0v) is 13.3. The van der Waals surface area contributed by atoms with Gasteiger partial charge in [-0.1, -0.05) is 18.2 Å². The van der Waals surface area contributed by atoms with Crippen LogP contribution in [0.5, 0.6) is 5.75 Å². The molecular formula is C15H14F3N3O2S. The van der Waals surface area contributed by atoms with Crippen molar-refractivity contribution in [2.45, 2.75) is 25.9 Å². The Labute approximate surface area is 140 Å². The van der Waals surface area contributed by atoms with E-state index in [1.54, 1.807) is 12.1 Å². The second kappa shape index (κ2) is 6.40. The van der Waals surface area contributed by atoms with Crippen molar-refractivity contribution in [1.82, 2.24) is 14.9 Å². The molecule has 1 aliphatic rings. The Morgan fingerprint density at radius 2 is 2.00 bits per heavy atom. The molecule has 0 fully saturated rings. The highest BCUT2D eigenvalue weighted by molar-refractivity contribution is 7.71. The number of hydrogen-bond acceptors (Lipinski definition) is 4. The van der Waals surface area contributed by atoms with Crippen molar-refractivity contribution >= 4 is 12.2 Å². The van der Waals surface area contributed by atoms with Gasteiger partial charge in [0, 0.05) is 36.5 Å². The molecule has 9 heteroatoms. The van der Waals surface area contributed by atoms with Crippen molar-refractivity contribution in [1.29, 1.82) is 0 Å². The molecule has 0 saturated heterocycles. The number of hydrogen-bond donors (Lipinski definition) is 2. The van der Waals surface area contributed by atoms with E-state index < -0.39 is 6.36 Å². The first-order chi connectivity index (χ1) is 11.3. The second-order valence-electron chi connectivity index (χ2n) is 5.48. The van der Waals surface area contributed by atoms with Crippen molar-refractivity contribution in [3.05, 3.63) is 56.2 Å². The Balaban J connectivity index is 1.81. The van der Waals surface area contributed by atoms with E-state index in [0.717, 1.165) is 0 Å². The Hall–Kier alpha value is -2.13. The molecule has 0 unspecified atom stereocenters. The first-order valence-electron chi connectivity index (χ1n) is 7.22. The molecule has 2 aromatic rings. The van der Waals surface area contributed by atoms with Gasteiger partial charge in [-0.25, -0.2) is 0 Å². The largest absolute Gasteiger partial charge is 0.573 e. The lowest BCUT2D eigenvalue weighted by Crippen LogP contribution is -2.35. The van der Waals surface area contributed by atoms with Gasteiger partial charge in [0.25, 0.3) is 5.56 Å². The lowest BCUT2D eigenvalue weighted by atomic mass is 10.1. The number of aromatic nitrogens is 2. The number of ether oxygens (including phenoxy) is 1. The van der Waals surface area contributed by atoms with E-state index in [1.165, 1.54) is 12.1 Å².